The molecule has 0 unspecified atom stereocenters. The molecule has 0 amide bonds. The van der Waals surface area contributed by atoms with Crippen LogP contribution in [0.5, 0.6) is 5.75 Å². The Hall–Kier alpha value is -3.90. The Morgan fingerprint density at radius 3 is 2.67 bits per heavy atom. The standard InChI is InChI=1S/C33H34FN3O2/c34-27-11-13-30-32(22-27)39-36-33(30)26-15-19-37(20-16-26)18-5-21-38-29-12-10-24-6-4-7-25(31(24)23-29)14-17-35-28-8-2-1-3-9-28/h1-4,6-13,22-23,26,35H,5,14-21H2. The minimum Gasteiger partial charge on any atom is -0.494 e. The third-order valence-electron chi connectivity index (χ3n) is 7.76. The van der Waals surface area contributed by atoms with Crippen LogP contribution < -0.4 is 10.1 Å². The van der Waals surface area contributed by atoms with E-state index in [4.69, 9.17) is 9.26 Å². The molecule has 5 aromatic rings. The number of ether oxygens (including phenoxy) is 1. The number of aromatic nitrogens is 1. The minimum atomic E-state index is -0.289. The zero-order valence-electron chi connectivity index (χ0n) is 22.1. The Morgan fingerprint density at radius 1 is 0.923 bits per heavy atom. The highest BCUT2D eigenvalue weighted by molar-refractivity contribution is 5.87. The summed E-state index contributed by atoms with van der Waals surface area (Å²) in [5, 5.41) is 11.2. The first kappa shape index (κ1) is 25.4. The van der Waals surface area contributed by atoms with E-state index in [0.717, 1.165) is 74.4 Å². The molecule has 0 saturated carbocycles. The molecule has 5 nitrogen and oxygen atoms in total. The molecule has 0 bridgehead atoms. The van der Waals surface area contributed by atoms with Crippen LogP contribution in [0.15, 0.2) is 89.5 Å². The van der Waals surface area contributed by atoms with Crippen LogP contribution in [0.25, 0.3) is 21.7 Å². The van der Waals surface area contributed by atoms with Gasteiger partial charge in [-0.15, -0.1) is 0 Å². The van der Waals surface area contributed by atoms with Crippen molar-refractivity contribution in [2.75, 3.05) is 38.1 Å². The fraction of sp³-hybridized carbons (Fsp3) is 0.303. The van der Waals surface area contributed by atoms with Gasteiger partial charge < -0.3 is 19.5 Å². The maximum absolute atomic E-state index is 13.5. The van der Waals surface area contributed by atoms with Gasteiger partial charge in [-0.1, -0.05) is 47.6 Å². The van der Waals surface area contributed by atoms with Crippen LogP contribution in [0, 0.1) is 5.82 Å². The van der Waals surface area contributed by atoms with Crippen molar-refractivity contribution >= 4 is 27.4 Å². The van der Waals surface area contributed by atoms with E-state index in [1.807, 2.05) is 6.07 Å². The minimum absolute atomic E-state index is 0.289. The number of hydrogen-bond acceptors (Lipinski definition) is 5. The molecule has 39 heavy (non-hydrogen) atoms. The number of nitrogens with zero attached hydrogens (tertiary/aromatic N) is 2. The van der Waals surface area contributed by atoms with E-state index in [0.29, 0.717) is 18.1 Å². The van der Waals surface area contributed by atoms with Crippen molar-refractivity contribution in [1.29, 1.82) is 0 Å². The summed E-state index contributed by atoms with van der Waals surface area (Å²) < 4.78 is 25.0. The molecule has 6 heteroatoms. The number of para-hydroxylation sites is 1. The zero-order chi connectivity index (χ0) is 26.4. The van der Waals surface area contributed by atoms with Gasteiger partial charge in [-0.05, 0) is 91.5 Å². The van der Waals surface area contributed by atoms with E-state index in [-0.39, 0.29) is 5.82 Å². The summed E-state index contributed by atoms with van der Waals surface area (Å²) in [5.74, 6) is 1.00. The maximum atomic E-state index is 13.5. The Balaban J connectivity index is 0.975. The number of halogens is 1. The smallest absolute Gasteiger partial charge is 0.170 e. The van der Waals surface area contributed by atoms with E-state index in [9.17, 15) is 4.39 Å². The van der Waals surface area contributed by atoms with Crippen LogP contribution in [0.1, 0.15) is 36.4 Å². The zero-order valence-corrected chi connectivity index (χ0v) is 22.1. The predicted octanol–water partition coefficient (Wildman–Crippen LogP) is 7.42. The Morgan fingerprint density at radius 2 is 1.79 bits per heavy atom. The third kappa shape index (κ3) is 6.07. The van der Waals surface area contributed by atoms with E-state index < -0.39 is 0 Å². The van der Waals surface area contributed by atoms with Gasteiger partial charge in [-0.25, -0.2) is 4.39 Å². The van der Waals surface area contributed by atoms with Crippen molar-refractivity contribution in [1.82, 2.24) is 10.1 Å². The number of likely N-dealkylation sites (tertiary alicyclic amines) is 1. The number of rotatable bonds is 10. The van der Waals surface area contributed by atoms with Crippen molar-refractivity contribution in [2.24, 2.45) is 0 Å². The Bertz CT molecular complexity index is 1530. The lowest BCUT2D eigenvalue weighted by Gasteiger charge is -2.31. The van der Waals surface area contributed by atoms with Crippen molar-refractivity contribution < 1.29 is 13.7 Å². The molecule has 2 heterocycles. The summed E-state index contributed by atoms with van der Waals surface area (Å²) in [6, 6.07) is 28.0. The van der Waals surface area contributed by atoms with Gasteiger partial charge in [-0.2, -0.15) is 0 Å². The van der Waals surface area contributed by atoms with Crippen LogP contribution in [0.4, 0.5) is 10.1 Å². The topological polar surface area (TPSA) is 50.5 Å². The van der Waals surface area contributed by atoms with Gasteiger partial charge in [0.1, 0.15) is 11.6 Å². The van der Waals surface area contributed by atoms with Gasteiger partial charge in [0.25, 0.3) is 0 Å². The van der Waals surface area contributed by atoms with Crippen molar-refractivity contribution in [3.8, 4) is 5.75 Å². The number of fused-ring (bicyclic) bond motifs is 2. The molecule has 6 rings (SSSR count). The second-order valence-corrected chi connectivity index (χ2v) is 10.4. The molecule has 0 radical (unpaired) electrons. The molecule has 200 valence electrons. The van der Waals surface area contributed by atoms with Gasteiger partial charge in [0, 0.05) is 36.1 Å². The lowest BCUT2D eigenvalue weighted by atomic mass is 9.91. The van der Waals surface area contributed by atoms with Gasteiger partial charge >= 0.3 is 0 Å². The largest absolute Gasteiger partial charge is 0.494 e. The third-order valence-corrected chi connectivity index (χ3v) is 7.76. The van der Waals surface area contributed by atoms with Crippen LogP contribution in [-0.2, 0) is 6.42 Å². The molecule has 1 aromatic heterocycles. The van der Waals surface area contributed by atoms with Crippen LogP contribution in [-0.4, -0.2) is 42.8 Å². The summed E-state index contributed by atoms with van der Waals surface area (Å²) in [4.78, 5) is 2.50. The normalized spacial score (nSPS) is 14.7. The summed E-state index contributed by atoms with van der Waals surface area (Å²) in [6.07, 6.45) is 4.00. The van der Waals surface area contributed by atoms with Gasteiger partial charge in [0.2, 0.25) is 0 Å². The molecular weight excluding hydrogens is 489 g/mol. The molecular formula is C33H34FN3O2. The molecule has 1 N–H and O–H groups in total. The fourth-order valence-corrected chi connectivity index (χ4v) is 5.66. The van der Waals surface area contributed by atoms with E-state index in [1.54, 1.807) is 6.07 Å². The second-order valence-electron chi connectivity index (χ2n) is 10.4. The van der Waals surface area contributed by atoms with Crippen LogP contribution in [0.3, 0.4) is 0 Å². The molecule has 1 saturated heterocycles. The monoisotopic (exact) mass is 523 g/mol. The second kappa shape index (κ2) is 11.9. The average molecular weight is 524 g/mol. The number of hydrogen-bond donors (Lipinski definition) is 1. The Kier molecular flexibility index (Phi) is 7.73. The van der Waals surface area contributed by atoms with Crippen LogP contribution in [0.2, 0.25) is 0 Å². The number of benzene rings is 4. The summed E-state index contributed by atoms with van der Waals surface area (Å²) >= 11 is 0. The summed E-state index contributed by atoms with van der Waals surface area (Å²) in [5.41, 5.74) is 3.98. The lowest BCUT2D eigenvalue weighted by molar-refractivity contribution is 0.191. The number of nitrogens with one attached hydrogen (secondary N) is 1. The highest BCUT2D eigenvalue weighted by atomic mass is 19.1. The molecule has 1 aliphatic rings. The van der Waals surface area contributed by atoms with Crippen molar-refractivity contribution in [2.45, 2.75) is 31.6 Å². The van der Waals surface area contributed by atoms with E-state index in [1.165, 1.54) is 28.5 Å². The maximum Gasteiger partial charge on any atom is 0.170 e. The lowest BCUT2D eigenvalue weighted by Crippen LogP contribution is -2.34. The molecule has 1 fully saturated rings. The summed E-state index contributed by atoms with van der Waals surface area (Å²) in [6.45, 7) is 4.65. The van der Waals surface area contributed by atoms with E-state index >= 15 is 0 Å². The van der Waals surface area contributed by atoms with E-state index in [2.05, 4.69) is 76.0 Å². The molecule has 0 atom stereocenters. The van der Waals surface area contributed by atoms with Crippen molar-refractivity contribution in [3.63, 3.8) is 0 Å². The highest BCUT2D eigenvalue weighted by Gasteiger charge is 2.25. The number of piperidine rings is 1. The van der Waals surface area contributed by atoms with Gasteiger partial charge in [0.05, 0.1) is 12.3 Å². The first-order chi connectivity index (χ1) is 19.2. The Labute approximate surface area is 228 Å². The first-order valence-corrected chi connectivity index (χ1v) is 13.9. The van der Waals surface area contributed by atoms with Crippen LogP contribution >= 0.6 is 0 Å². The molecule has 1 aliphatic heterocycles. The van der Waals surface area contributed by atoms with Crippen molar-refractivity contribution in [3.05, 3.63) is 102 Å². The average Bonchev–Trinajstić information content (AvgIpc) is 3.39. The molecule has 4 aromatic carbocycles. The highest BCUT2D eigenvalue weighted by Crippen LogP contribution is 2.33. The summed E-state index contributed by atoms with van der Waals surface area (Å²) in [7, 11) is 0. The SMILES string of the molecule is Fc1ccc2c(C3CCN(CCCOc4ccc5cccc(CCNc6ccccc6)c5c4)CC3)noc2c1. The number of anilines is 1. The van der Waals surface area contributed by atoms with Gasteiger partial charge in [-0.3, -0.25) is 0 Å². The predicted molar refractivity (Wildman–Crippen MR) is 155 cm³/mol. The molecule has 0 spiro atoms. The fourth-order valence-electron chi connectivity index (χ4n) is 5.66. The quantitative estimate of drug-likeness (QED) is 0.193. The molecule has 0 aliphatic carbocycles. The first-order valence-electron chi connectivity index (χ1n) is 13.9. The van der Waals surface area contributed by atoms with Gasteiger partial charge in [0.15, 0.2) is 5.58 Å².